The first-order valence-electron chi connectivity index (χ1n) is 10.3. The molecule has 0 saturated carbocycles. The monoisotopic (exact) mass is 403 g/mol. The maximum atomic E-state index is 6.33. The van der Waals surface area contributed by atoms with E-state index in [1.807, 2.05) is 19.3 Å². The van der Waals surface area contributed by atoms with E-state index in [0.29, 0.717) is 15.2 Å². The van der Waals surface area contributed by atoms with E-state index in [4.69, 9.17) is 4.74 Å². The highest BCUT2D eigenvalue weighted by molar-refractivity contribution is 7.48. The molecule has 0 amide bonds. The van der Waals surface area contributed by atoms with E-state index in [9.17, 15) is 0 Å². The topological polar surface area (TPSA) is 21.6 Å². The Balaban J connectivity index is 1.95. The van der Waals surface area contributed by atoms with Crippen LogP contribution >= 0.6 is 8.58 Å². The molecular formula is C26H30NOP. The van der Waals surface area contributed by atoms with Crippen LogP contribution in [0.5, 0.6) is 5.75 Å². The first-order chi connectivity index (χ1) is 14.2. The van der Waals surface area contributed by atoms with Gasteiger partial charge in [0, 0.05) is 24.0 Å². The second-order valence-electron chi connectivity index (χ2n) is 7.16. The predicted molar refractivity (Wildman–Crippen MR) is 127 cm³/mol. The molecule has 0 fully saturated rings. The first kappa shape index (κ1) is 21.3. The van der Waals surface area contributed by atoms with Crippen LogP contribution in [-0.4, -0.2) is 13.3 Å². The molecule has 0 aliphatic rings. The highest BCUT2D eigenvalue weighted by atomic mass is 31.1. The quantitative estimate of drug-likeness (QED) is 0.302. The summed E-state index contributed by atoms with van der Waals surface area (Å²) >= 11 is 0. The van der Waals surface area contributed by atoms with Gasteiger partial charge in [-0.2, -0.15) is 0 Å². The van der Waals surface area contributed by atoms with Crippen molar-refractivity contribution in [2.24, 2.45) is 4.99 Å². The van der Waals surface area contributed by atoms with Crippen molar-refractivity contribution in [1.82, 2.24) is 0 Å². The van der Waals surface area contributed by atoms with Gasteiger partial charge in [-0.25, -0.2) is 0 Å². The molecular weight excluding hydrogens is 373 g/mol. The van der Waals surface area contributed by atoms with Gasteiger partial charge in [-0.1, -0.05) is 95.2 Å². The molecule has 3 rings (SSSR count). The molecule has 3 aromatic rings. The third kappa shape index (κ3) is 5.14. The Labute approximate surface area is 176 Å². The fourth-order valence-electron chi connectivity index (χ4n) is 3.72. The number of hydrogen-bond acceptors (Lipinski definition) is 2. The minimum atomic E-state index is 0.0466. The van der Waals surface area contributed by atoms with Gasteiger partial charge in [0.1, 0.15) is 12.4 Å². The normalized spacial score (nSPS) is 12.1. The summed E-state index contributed by atoms with van der Waals surface area (Å²) in [6, 6.07) is 27.5. The predicted octanol–water partition coefficient (Wildman–Crippen LogP) is 6.33. The molecule has 2 nitrogen and oxygen atoms in total. The zero-order valence-electron chi connectivity index (χ0n) is 17.6. The second kappa shape index (κ2) is 10.4. The molecule has 0 saturated heterocycles. The number of para-hydroxylation sites is 1. The van der Waals surface area contributed by atoms with Crippen molar-refractivity contribution in [3.63, 3.8) is 0 Å². The molecule has 0 N–H and O–H groups in total. The molecule has 3 aromatic carbocycles. The lowest BCUT2D eigenvalue weighted by Crippen LogP contribution is -2.24. The zero-order chi connectivity index (χ0) is 20.5. The molecule has 1 atom stereocenters. The van der Waals surface area contributed by atoms with Gasteiger partial charge < -0.3 is 4.74 Å². The van der Waals surface area contributed by atoms with Crippen molar-refractivity contribution in [3.05, 3.63) is 95.6 Å². The van der Waals surface area contributed by atoms with Crippen molar-refractivity contribution in [3.8, 4) is 5.75 Å². The Hall–Kier alpha value is -2.44. The summed E-state index contributed by atoms with van der Waals surface area (Å²) in [5, 5.41) is 1.41. The van der Waals surface area contributed by atoms with Gasteiger partial charge in [-0.05, 0) is 35.3 Å². The van der Waals surface area contributed by atoms with Crippen LogP contribution in [0.3, 0.4) is 0 Å². The maximum absolute atomic E-state index is 6.33. The third-order valence-corrected chi connectivity index (χ3v) is 7.63. The molecule has 0 aromatic heterocycles. The Morgan fingerprint density at radius 3 is 2.24 bits per heavy atom. The van der Waals surface area contributed by atoms with Crippen molar-refractivity contribution < 1.29 is 4.74 Å². The lowest BCUT2D eigenvalue weighted by atomic mass is 9.92. The Bertz CT molecular complexity index is 932. The van der Waals surface area contributed by atoms with Crippen LogP contribution in [0.2, 0.25) is 0 Å². The van der Waals surface area contributed by atoms with Crippen LogP contribution in [0, 0.1) is 0 Å². The SMILES string of the molecule is CCC(CC)(Pc1ccccc1/C=N/C)c1ccccc1OCc1ccccc1. The summed E-state index contributed by atoms with van der Waals surface area (Å²) < 4.78 is 6.33. The van der Waals surface area contributed by atoms with Crippen molar-refractivity contribution in [2.45, 2.75) is 38.5 Å². The average Bonchev–Trinajstić information content (AvgIpc) is 2.78. The van der Waals surface area contributed by atoms with Gasteiger partial charge in [0.15, 0.2) is 0 Å². The van der Waals surface area contributed by atoms with Crippen LogP contribution < -0.4 is 10.0 Å². The van der Waals surface area contributed by atoms with Gasteiger partial charge in [-0.15, -0.1) is 0 Å². The summed E-state index contributed by atoms with van der Waals surface area (Å²) in [5.41, 5.74) is 3.71. The summed E-state index contributed by atoms with van der Waals surface area (Å²) in [6.07, 6.45) is 4.09. The van der Waals surface area contributed by atoms with Crippen LogP contribution in [0.15, 0.2) is 83.9 Å². The summed E-state index contributed by atoms with van der Waals surface area (Å²) in [7, 11) is 2.48. The number of hydrogen-bond donors (Lipinski definition) is 0. The molecule has 0 heterocycles. The van der Waals surface area contributed by atoms with Crippen molar-refractivity contribution >= 4 is 20.1 Å². The van der Waals surface area contributed by atoms with Crippen LogP contribution in [-0.2, 0) is 11.8 Å². The number of nitrogens with zero attached hydrogens (tertiary/aromatic N) is 1. The molecule has 0 aliphatic heterocycles. The van der Waals surface area contributed by atoms with E-state index in [1.54, 1.807) is 0 Å². The smallest absolute Gasteiger partial charge is 0.123 e. The lowest BCUT2D eigenvalue weighted by molar-refractivity contribution is 0.298. The Morgan fingerprint density at radius 1 is 0.862 bits per heavy atom. The van der Waals surface area contributed by atoms with Gasteiger partial charge in [0.05, 0.1) is 0 Å². The molecule has 0 bridgehead atoms. The molecule has 0 aliphatic carbocycles. The first-order valence-corrected chi connectivity index (χ1v) is 11.3. The molecule has 0 radical (unpaired) electrons. The van der Waals surface area contributed by atoms with Gasteiger partial charge in [0.25, 0.3) is 0 Å². The van der Waals surface area contributed by atoms with Gasteiger partial charge >= 0.3 is 0 Å². The number of aliphatic imine (C=N–C) groups is 1. The minimum Gasteiger partial charge on any atom is -0.489 e. The van der Waals surface area contributed by atoms with E-state index in [1.165, 1.54) is 22.0 Å². The van der Waals surface area contributed by atoms with E-state index in [-0.39, 0.29) is 5.16 Å². The van der Waals surface area contributed by atoms with Crippen molar-refractivity contribution in [2.75, 3.05) is 7.05 Å². The van der Waals surface area contributed by atoms with E-state index in [2.05, 4.69) is 91.6 Å². The highest BCUT2D eigenvalue weighted by Crippen LogP contribution is 2.50. The lowest BCUT2D eigenvalue weighted by Gasteiger charge is -2.34. The fraction of sp³-hybridized carbons (Fsp3) is 0.269. The summed E-state index contributed by atoms with van der Waals surface area (Å²) in [4.78, 5) is 4.26. The Morgan fingerprint density at radius 2 is 1.52 bits per heavy atom. The van der Waals surface area contributed by atoms with E-state index >= 15 is 0 Å². The number of benzene rings is 3. The fourth-order valence-corrected chi connectivity index (χ4v) is 5.40. The largest absolute Gasteiger partial charge is 0.489 e. The third-order valence-electron chi connectivity index (χ3n) is 5.45. The van der Waals surface area contributed by atoms with E-state index < -0.39 is 0 Å². The van der Waals surface area contributed by atoms with E-state index in [0.717, 1.165) is 18.6 Å². The van der Waals surface area contributed by atoms with Gasteiger partial charge in [-0.3, -0.25) is 4.99 Å². The van der Waals surface area contributed by atoms with Crippen LogP contribution in [0.4, 0.5) is 0 Å². The molecule has 0 spiro atoms. The zero-order valence-corrected chi connectivity index (χ0v) is 18.6. The highest BCUT2D eigenvalue weighted by Gasteiger charge is 2.32. The number of rotatable bonds is 9. The average molecular weight is 404 g/mol. The Kier molecular flexibility index (Phi) is 7.61. The van der Waals surface area contributed by atoms with Crippen molar-refractivity contribution in [1.29, 1.82) is 0 Å². The summed E-state index contributed by atoms with van der Waals surface area (Å²) in [5.74, 6) is 0.995. The second-order valence-corrected chi connectivity index (χ2v) is 8.90. The van der Waals surface area contributed by atoms with Crippen LogP contribution in [0.1, 0.15) is 43.4 Å². The molecule has 29 heavy (non-hydrogen) atoms. The van der Waals surface area contributed by atoms with Gasteiger partial charge in [0.2, 0.25) is 0 Å². The summed E-state index contributed by atoms with van der Waals surface area (Å²) in [6.45, 7) is 5.17. The number of ether oxygens (including phenoxy) is 1. The molecule has 150 valence electrons. The standard InChI is InChI=1S/C26H30NOP/c1-4-26(5-2,29-25-18-12-9-15-22(25)19-27-3)23-16-10-11-17-24(23)28-20-21-13-7-6-8-14-21/h6-19,29H,4-5,20H2,1-3H3/b27-19+. The maximum Gasteiger partial charge on any atom is 0.123 e. The molecule has 1 unspecified atom stereocenters. The minimum absolute atomic E-state index is 0.0466. The van der Waals surface area contributed by atoms with Crippen LogP contribution in [0.25, 0.3) is 0 Å². The molecule has 3 heteroatoms.